The number of hydrogen-bond donors (Lipinski definition) is 1. The Morgan fingerprint density at radius 2 is 1.70 bits per heavy atom. The largest absolute Gasteiger partial charge is 0.497 e. The van der Waals surface area contributed by atoms with Gasteiger partial charge in [0.25, 0.3) is 0 Å². The summed E-state index contributed by atoms with van der Waals surface area (Å²) in [5.41, 5.74) is 2.74. The van der Waals surface area contributed by atoms with E-state index >= 15 is 0 Å². The quantitative estimate of drug-likeness (QED) is 0.852. The van der Waals surface area contributed by atoms with Crippen LogP contribution in [0.25, 0.3) is 11.1 Å². The second kappa shape index (κ2) is 7.53. The van der Waals surface area contributed by atoms with Gasteiger partial charge in [0, 0.05) is 23.5 Å². The molecule has 0 saturated carbocycles. The number of nitrogens with one attached hydrogen (secondary N) is 1. The Morgan fingerprint density at radius 1 is 1.00 bits per heavy atom. The summed E-state index contributed by atoms with van der Waals surface area (Å²) in [4.78, 5) is 0. The van der Waals surface area contributed by atoms with Crippen molar-refractivity contribution in [1.82, 2.24) is 0 Å². The van der Waals surface area contributed by atoms with Crippen molar-refractivity contribution >= 4 is 5.69 Å². The third-order valence-corrected chi connectivity index (χ3v) is 3.23. The summed E-state index contributed by atoms with van der Waals surface area (Å²) >= 11 is 0. The van der Waals surface area contributed by atoms with Crippen molar-refractivity contribution in [1.29, 1.82) is 10.5 Å². The standard InChI is InChI=1S/C18H15N3O2/c1-22-16-7-8-17(18(9-16)23-2)14-3-5-15(6-4-14)21-12-13(10-19)11-20/h3-9,12,21H,1-2H3. The van der Waals surface area contributed by atoms with Crippen LogP contribution in [0.4, 0.5) is 5.69 Å². The Hall–Kier alpha value is -3.44. The topological polar surface area (TPSA) is 78.1 Å². The van der Waals surface area contributed by atoms with Gasteiger partial charge in [0.15, 0.2) is 0 Å². The smallest absolute Gasteiger partial charge is 0.145 e. The molecule has 114 valence electrons. The number of benzene rings is 2. The maximum atomic E-state index is 8.69. The lowest BCUT2D eigenvalue weighted by Gasteiger charge is -2.11. The molecule has 0 aliphatic rings. The van der Waals surface area contributed by atoms with Gasteiger partial charge in [0.2, 0.25) is 0 Å². The van der Waals surface area contributed by atoms with Crippen molar-refractivity contribution in [2.45, 2.75) is 0 Å². The van der Waals surface area contributed by atoms with Crippen LogP contribution < -0.4 is 14.8 Å². The fraction of sp³-hybridized carbons (Fsp3) is 0.111. The van der Waals surface area contributed by atoms with Crippen LogP contribution in [0.15, 0.2) is 54.2 Å². The summed E-state index contributed by atoms with van der Waals surface area (Å²) < 4.78 is 10.6. The molecule has 2 aromatic rings. The first-order valence-corrected chi connectivity index (χ1v) is 6.81. The second-order valence-corrected chi connectivity index (χ2v) is 4.57. The van der Waals surface area contributed by atoms with Gasteiger partial charge < -0.3 is 14.8 Å². The third kappa shape index (κ3) is 3.81. The normalized spacial score (nSPS) is 9.22. The maximum Gasteiger partial charge on any atom is 0.145 e. The van der Waals surface area contributed by atoms with Crippen molar-refractivity contribution < 1.29 is 9.47 Å². The average Bonchev–Trinajstić information content (AvgIpc) is 2.62. The third-order valence-electron chi connectivity index (χ3n) is 3.23. The molecule has 0 fully saturated rings. The Balaban J connectivity index is 2.25. The minimum absolute atomic E-state index is 0.0194. The Bertz CT molecular complexity index is 780. The molecule has 0 spiro atoms. The Kier molecular flexibility index (Phi) is 5.22. The van der Waals surface area contributed by atoms with E-state index in [1.54, 1.807) is 26.4 Å². The average molecular weight is 305 g/mol. The summed E-state index contributed by atoms with van der Waals surface area (Å²) in [5.74, 6) is 1.45. The lowest BCUT2D eigenvalue weighted by Crippen LogP contribution is -1.92. The van der Waals surface area contributed by atoms with Crippen molar-refractivity contribution in [3.05, 3.63) is 54.2 Å². The van der Waals surface area contributed by atoms with E-state index in [1.807, 2.05) is 42.5 Å². The van der Waals surface area contributed by atoms with Gasteiger partial charge in [-0.2, -0.15) is 10.5 Å². The molecule has 0 aliphatic carbocycles. The molecule has 23 heavy (non-hydrogen) atoms. The molecule has 2 aromatic carbocycles. The van der Waals surface area contributed by atoms with Gasteiger partial charge in [-0.05, 0) is 29.8 Å². The zero-order valence-electron chi connectivity index (χ0n) is 12.8. The fourth-order valence-corrected chi connectivity index (χ4v) is 2.03. The monoisotopic (exact) mass is 305 g/mol. The second-order valence-electron chi connectivity index (χ2n) is 4.57. The first kappa shape index (κ1) is 15.9. The van der Waals surface area contributed by atoms with Crippen LogP contribution in [-0.2, 0) is 0 Å². The van der Waals surface area contributed by atoms with Crippen LogP contribution in [0.5, 0.6) is 11.5 Å². The van der Waals surface area contributed by atoms with E-state index in [9.17, 15) is 0 Å². The molecule has 0 aromatic heterocycles. The van der Waals surface area contributed by atoms with E-state index in [1.165, 1.54) is 6.20 Å². The number of ether oxygens (including phenoxy) is 2. The van der Waals surface area contributed by atoms with Gasteiger partial charge in [-0.25, -0.2) is 0 Å². The summed E-state index contributed by atoms with van der Waals surface area (Å²) in [7, 11) is 3.23. The van der Waals surface area contributed by atoms with Gasteiger partial charge >= 0.3 is 0 Å². The molecule has 0 amide bonds. The molecular weight excluding hydrogens is 290 g/mol. The van der Waals surface area contributed by atoms with Crippen LogP contribution in [0.1, 0.15) is 0 Å². The zero-order valence-corrected chi connectivity index (χ0v) is 12.8. The summed E-state index contributed by atoms with van der Waals surface area (Å²) in [6.07, 6.45) is 1.38. The summed E-state index contributed by atoms with van der Waals surface area (Å²) in [6.45, 7) is 0. The molecule has 0 saturated heterocycles. The minimum Gasteiger partial charge on any atom is -0.497 e. The van der Waals surface area contributed by atoms with E-state index in [0.29, 0.717) is 0 Å². The summed E-state index contributed by atoms with van der Waals surface area (Å²) in [5, 5.41) is 20.3. The van der Waals surface area contributed by atoms with Crippen LogP contribution in [-0.4, -0.2) is 14.2 Å². The van der Waals surface area contributed by atoms with Gasteiger partial charge in [-0.15, -0.1) is 0 Å². The molecule has 0 bridgehead atoms. The number of anilines is 1. The SMILES string of the molecule is COc1ccc(-c2ccc(NC=C(C#N)C#N)cc2)c(OC)c1. The van der Waals surface area contributed by atoms with E-state index in [2.05, 4.69) is 5.32 Å². The molecule has 0 unspecified atom stereocenters. The molecule has 5 nitrogen and oxygen atoms in total. The molecule has 5 heteroatoms. The Labute approximate surface area is 135 Å². The van der Waals surface area contributed by atoms with Crippen molar-refractivity contribution in [2.24, 2.45) is 0 Å². The molecule has 0 radical (unpaired) electrons. The zero-order chi connectivity index (χ0) is 16.7. The molecule has 2 rings (SSSR count). The highest BCUT2D eigenvalue weighted by Gasteiger charge is 2.07. The Morgan fingerprint density at radius 3 is 2.26 bits per heavy atom. The minimum atomic E-state index is 0.0194. The van der Waals surface area contributed by atoms with E-state index in [0.717, 1.165) is 28.3 Å². The molecule has 0 heterocycles. The number of rotatable bonds is 5. The first-order chi connectivity index (χ1) is 11.2. The highest BCUT2D eigenvalue weighted by atomic mass is 16.5. The summed E-state index contributed by atoms with van der Waals surface area (Å²) in [6, 6.07) is 16.8. The highest BCUT2D eigenvalue weighted by molar-refractivity contribution is 5.73. The van der Waals surface area contributed by atoms with Crippen molar-refractivity contribution in [2.75, 3.05) is 19.5 Å². The highest BCUT2D eigenvalue weighted by Crippen LogP contribution is 2.33. The maximum absolute atomic E-state index is 8.69. The number of nitriles is 2. The van der Waals surface area contributed by atoms with Crippen LogP contribution in [0, 0.1) is 22.7 Å². The van der Waals surface area contributed by atoms with Gasteiger partial charge in [0.05, 0.1) is 14.2 Å². The van der Waals surface area contributed by atoms with E-state index in [-0.39, 0.29) is 5.57 Å². The molecule has 0 aliphatic heterocycles. The van der Waals surface area contributed by atoms with Crippen LogP contribution in [0.2, 0.25) is 0 Å². The first-order valence-electron chi connectivity index (χ1n) is 6.81. The molecule has 1 N–H and O–H groups in total. The van der Waals surface area contributed by atoms with Gasteiger partial charge in [0.1, 0.15) is 29.2 Å². The number of allylic oxidation sites excluding steroid dienone is 1. The number of nitrogens with zero attached hydrogens (tertiary/aromatic N) is 2. The van der Waals surface area contributed by atoms with Crippen molar-refractivity contribution in [3.63, 3.8) is 0 Å². The lowest BCUT2D eigenvalue weighted by atomic mass is 10.0. The molecular formula is C18H15N3O2. The van der Waals surface area contributed by atoms with Crippen LogP contribution >= 0.6 is 0 Å². The van der Waals surface area contributed by atoms with E-state index < -0.39 is 0 Å². The number of hydrogen-bond acceptors (Lipinski definition) is 5. The fourth-order valence-electron chi connectivity index (χ4n) is 2.03. The van der Waals surface area contributed by atoms with Crippen LogP contribution in [0.3, 0.4) is 0 Å². The molecule has 0 atom stereocenters. The lowest BCUT2D eigenvalue weighted by molar-refractivity contribution is 0.395. The van der Waals surface area contributed by atoms with Gasteiger partial charge in [-0.1, -0.05) is 12.1 Å². The van der Waals surface area contributed by atoms with Crippen molar-refractivity contribution in [3.8, 4) is 34.8 Å². The predicted molar refractivity (Wildman–Crippen MR) is 87.9 cm³/mol. The van der Waals surface area contributed by atoms with E-state index in [4.69, 9.17) is 20.0 Å². The number of methoxy groups -OCH3 is 2. The van der Waals surface area contributed by atoms with Gasteiger partial charge in [-0.3, -0.25) is 0 Å². The predicted octanol–water partition coefficient (Wildman–Crippen LogP) is 3.71.